The number of aromatic nitrogens is 1. The molecule has 0 saturated heterocycles. The Hall–Kier alpha value is -3.34. The molecule has 0 saturated carbocycles. The SMILES string of the molecule is CCC(OC(=O)c1ccco1)C(=O)n1c2ccccc2c2ccccc21. The van der Waals surface area contributed by atoms with Gasteiger partial charge in [-0.1, -0.05) is 43.3 Å². The van der Waals surface area contributed by atoms with Crippen molar-refractivity contribution in [3.8, 4) is 0 Å². The van der Waals surface area contributed by atoms with E-state index in [1.165, 1.54) is 12.3 Å². The van der Waals surface area contributed by atoms with Gasteiger partial charge in [-0.25, -0.2) is 4.79 Å². The molecule has 130 valence electrons. The van der Waals surface area contributed by atoms with Crippen molar-refractivity contribution in [2.45, 2.75) is 19.4 Å². The Labute approximate surface area is 149 Å². The molecule has 0 spiro atoms. The predicted molar refractivity (Wildman–Crippen MR) is 98.3 cm³/mol. The fraction of sp³-hybridized carbons (Fsp3) is 0.143. The molecule has 2 aromatic carbocycles. The zero-order valence-electron chi connectivity index (χ0n) is 14.2. The molecule has 0 N–H and O–H groups in total. The van der Waals surface area contributed by atoms with Gasteiger partial charge in [-0.15, -0.1) is 0 Å². The minimum Gasteiger partial charge on any atom is -0.457 e. The van der Waals surface area contributed by atoms with Crippen molar-refractivity contribution in [2.75, 3.05) is 0 Å². The van der Waals surface area contributed by atoms with Crippen molar-refractivity contribution in [3.05, 3.63) is 72.7 Å². The predicted octanol–water partition coefficient (Wildman–Crippen LogP) is 4.66. The van der Waals surface area contributed by atoms with Crippen LogP contribution in [-0.4, -0.2) is 22.5 Å². The van der Waals surface area contributed by atoms with Gasteiger partial charge in [-0.05, 0) is 30.7 Å². The van der Waals surface area contributed by atoms with Crippen LogP contribution in [0.1, 0.15) is 28.7 Å². The first-order chi connectivity index (χ1) is 12.7. The summed E-state index contributed by atoms with van der Waals surface area (Å²) < 4.78 is 12.1. The smallest absolute Gasteiger partial charge is 0.374 e. The van der Waals surface area contributed by atoms with Crippen molar-refractivity contribution in [2.24, 2.45) is 0 Å². The van der Waals surface area contributed by atoms with Crippen LogP contribution in [-0.2, 0) is 4.74 Å². The van der Waals surface area contributed by atoms with Gasteiger partial charge in [0.1, 0.15) is 0 Å². The summed E-state index contributed by atoms with van der Waals surface area (Å²) in [4.78, 5) is 25.4. The summed E-state index contributed by atoms with van der Waals surface area (Å²) in [5.74, 6) is -0.834. The fourth-order valence-corrected chi connectivity index (χ4v) is 3.19. The van der Waals surface area contributed by atoms with Crippen LogP contribution in [0.3, 0.4) is 0 Å². The third kappa shape index (κ3) is 2.58. The van der Waals surface area contributed by atoms with Crippen LogP contribution in [0.25, 0.3) is 21.8 Å². The Morgan fingerprint density at radius 1 is 0.962 bits per heavy atom. The molecule has 1 atom stereocenters. The number of ether oxygens (including phenoxy) is 1. The molecule has 1 unspecified atom stereocenters. The topological polar surface area (TPSA) is 61.4 Å². The second-order valence-electron chi connectivity index (χ2n) is 5.99. The number of fused-ring (bicyclic) bond motifs is 3. The van der Waals surface area contributed by atoms with Gasteiger partial charge in [0.05, 0.1) is 17.3 Å². The molecule has 5 heteroatoms. The molecule has 0 fully saturated rings. The summed E-state index contributed by atoms with van der Waals surface area (Å²) in [5, 5.41) is 1.98. The zero-order chi connectivity index (χ0) is 18.1. The summed E-state index contributed by atoms with van der Waals surface area (Å²) in [6, 6.07) is 18.5. The molecule has 0 amide bonds. The number of nitrogens with zero attached hydrogens (tertiary/aromatic N) is 1. The molecular formula is C21H17NO4. The number of rotatable bonds is 4. The highest BCUT2D eigenvalue weighted by Gasteiger charge is 2.27. The van der Waals surface area contributed by atoms with Crippen molar-refractivity contribution in [1.29, 1.82) is 0 Å². The summed E-state index contributed by atoms with van der Waals surface area (Å²) in [5.41, 5.74) is 1.59. The molecule has 0 aliphatic carbocycles. The van der Waals surface area contributed by atoms with Gasteiger partial charge < -0.3 is 9.15 Å². The van der Waals surface area contributed by atoms with E-state index in [-0.39, 0.29) is 11.7 Å². The number of carbonyl (C=O) groups is 2. The maximum Gasteiger partial charge on any atom is 0.374 e. The highest BCUT2D eigenvalue weighted by molar-refractivity contribution is 6.14. The van der Waals surface area contributed by atoms with Crippen LogP contribution in [0.2, 0.25) is 0 Å². The van der Waals surface area contributed by atoms with Crippen molar-refractivity contribution < 1.29 is 18.7 Å². The summed E-state index contributed by atoms with van der Waals surface area (Å²) in [6.45, 7) is 1.81. The van der Waals surface area contributed by atoms with Gasteiger partial charge in [-0.2, -0.15) is 0 Å². The molecule has 2 heterocycles. The van der Waals surface area contributed by atoms with E-state index in [0.29, 0.717) is 6.42 Å². The molecule has 26 heavy (non-hydrogen) atoms. The Kier molecular flexibility index (Phi) is 4.05. The average Bonchev–Trinajstić information content (AvgIpc) is 3.32. The molecule has 2 aromatic heterocycles. The Morgan fingerprint density at radius 2 is 1.58 bits per heavy atom. The van der Waals surface area contributed by atoms with E-state index in [1.54, 1.807) is 10.6 Å². The Morgan fingerprint density at radius 3 is 2.12 bits per heavy atom. The largest absolute Gasteiger partial charge is 0.457 e. The van der Waals surface area contributed by atoms with E-state index in [0.717, 1.165) is 21.8 Å². The monoisotopic (exact) mass is 347 g/mol. The van der Waals surface area contributed by atoms with E-state index in [4.69, 9.17) is 9.15 Å². The van der Waals surface area contributed by atoms with E-state index in [1.807, 2.05) is 55.5 Å². The first kappa shape index (κ1) is 16.1. The van der Waals surface area contributed by atoms with E-state index >= 15 is 0 Å². The average molecular weight is 347 g/mol. The lowest BCUT2D eigenvalue weighted by Gasteiger charge is -2.16. The maximum atomic E-state index is 13.2. The lowest BCUT2D eigenvalue weighted by Crippen LogP contribution is -2.31. The number of carbonyl (C=O) groups excluding carboxylic acids is 2. The zero-order valence-corrected chi connectivity index (χ0v) is 14.2. The minimum atomic E-state index is -0.896. The summed E-state index contributed by atoms with van der Waals surface area (Å²) in [6.07, 6.45) is 0.866. The number of hydrogen-bond donors (Lipinski definition) is 0. The maximum absolute atomic E-state index is 13.2. The molecule has 4 rings (SSSR count). The highest BCUT2D eigenvalue weighted by Crippen LogP contribution is 2.29. The van der Waals surface area contributed by atoms with Crippen molar-refractivity contribution in [3.63, 3.8) is 0 Å². The van der Waals surface area contributed by atoms with E-state index < -0.39 is 12.1 Å². The minimum absolute atomic E-state index is 0.0819. The van der Waals surface area contributed by atoms with Crippen molar-refractivity contribution >= 4 is 33.7 Å². The first-order valence-electron chi connectivity index (χ1n) is 8.47. The Balaban J connectivity index is 1.77. The quantitative estimate of drug-likeness (QED) is 0.504. The van der Waals surface area contributed by atoms with Crippen molar-refractivity contribution in [1.82, 2.24) is 4.57 Å². The number of benzene rings is 2. The number of para-hydroxylation sites is 2. The Bertz CT molecular complexity index is 1040. The molecule has 0 aliphatic heterocycles. The van der Waals surface area contributed by atoms with Gasteiger partial charge in [0.15, 0.2) is 6.10 Å². The molecule has 0 radical (unpaired) electrons. The molecular weight excluding hydrogens is 330 g/mol. The first-order valence-corrected chi connectivity index (χ1v) is 8.47. The molecule has 4 aromatic rings. The summed E-state index contributed by atoms with van der Waals surface area (Å²) in [7, 11) is 0. The summed E-state index contributed by atoms with van der Waals surface area (Å²) >= 11 is 0. The fourth-order valence-electron chi connectivity index (χ4n) is 3.19. The van der Waals surface area contributed by atoms with Crippen LogP contribution >= 0.6 is 0 Å². The standard InChI is InChI=1S/C21H17NO4/c1-2-18(26-21(24)19-12-7-13-25-19)20(23)22-16-10-5-3-8-14(16)15-9-4-6-11-17(15)22/h3-13,18H,2H2,1H3. The lowest BCUT2D eigenvalue weighted by molar-refractivity contribution is 0.0217. The second kappa shape index (κ2) is 6.52. The lowest BCUT2D eigenvalue weighted by atomic mass is 10.2. The molecule has 5 nitrogen and oxygen atoms in total. The van der Waals surface area contributed by atoms with Crippen LogP contribution in [0, 0.1) is 0 Å². The second-order valence-corrected chi connectivity index (χ2v) is 5.99. The van der Waals surface area contributed by atoms with Crippen LogP contribution in [0.4, 0.5) is 0 Å². The molecule has 0 aliphatic rings. The van der Waals surface area contributed by atoms with Gasteiger partial charge in [0.25, 0.3) is 5.91 Å². The number of esters is 1. The normalized spacial score (nSPS) is 12.3. The van der Waals surface area contributed by atoms with Crippen LogP contribution < -0.4 is 0 Å². The number of furan rings is 1. The van der Waals surface area contributed by atoms with Gasteiger partial charge in [0.2, 0.25) is 5.76 Å². The van der Waals surface area contributed by atoms with Crippen LogP contribution in [0.5, 0.6) is 0 Å². The van der Waals surface area contributed by atoms with Gasteiger partial charge >= 0.3 is 5.97 Å². The third-order valence-electron chi connectivity index (χ3n) is 4.42. The van der Waals surface area contributed by atoms with E-state index in [9.17, 15) is 9.59 Å². The number of hydrogen-bond acceptors (Lipinski definition) is 4. The van der Waals surface area contributed by atoms with E-state index in [2.05, 4.69) is 0 Å². The third-order valence-corrected chi connectivity index (χ3v) is 4.42. The van der Waals surface area contributed by atoms with Gasteiger partial charge in [0, 0.05) is 10.8 Å². The van der Waals surface area contributed by atoms with Crippen LogP contribution in [0.15, 0.2) is 71.3 Å². The highest BCUT2D eigenvalue weighted by atomic mass is 16.6. The molecule has 0 bridgehead atoms. The van der Waals surface area contributed by atoms with Gasteiger partial charge in [-0.3, -0.25) is 9.36 Å².